The number of esters is 1. The molecule has 1 saturated heterocycles. The van der Waals surface area contributed by atoms with Crippen molar-refractivity contribution in [1.29, 1.82) is 0 Å². The maximum Gasteiger partial charge on any atom is 0.302 e. The van der Waals surface area contributed by atoms with Crippen LogP contribution in [-0.4, -0.2) is 47.7 Å². The number of hydrogen-bond donors (Lipinski definition) is 2. The molecular formula is C23H36O5. The lowest BCUT2D eigenvalue weighted by atomic mass is 9.40. The van der Waals surface area contributed by atoms with Crippen molar-refractivity contribution in [2.75, 3.05) is 13.2 Å². The molecule has 5 heteroatoms. The number of hydrogen-bond acceptors (Lipinski definition) is 5. The first kappa shape index (κ1) is 19.3. The Balaban J connectivity index is 1.49. The Morgan fingerprint density at radius 1 is 1.11 bits per heavy atom. The molecule has 0 amide bonds. The Morgan fingerprint density at radius 3 is 2.54 bits per heavy atom. The summed E-state index contributed by atoms with van der Waals surface area (Å²) in [4.78, 5) is 11.5. The fraction of sp³-hybridized carbons (Fsp3) is 0.957. The van der Waals surface area contributed by atoms with Crippen LogP contribution in [0.2, 0.25) is 0 Å². The van der Waals surface area contributed by atoms with Crippen LogP contribution < -0.4 is 0 Å². The largest absolute Gasteiger partial charge is 0.465 e. The standard InChI is InChI=1S/C23H36O5/c1-13(24)28-12-22(3)18-8-20(26)23-9-14(15(10-23)16-11-27-16)4-5-17(23)21(18,2)7-6-19(22)25/h14-20,25-26H,4-12H2,1-3H3/t14-,15+,16+,17+,18?,19-,20+,21+,22-,23-/m1/s1. The number of aliphatic hydroxyl groups is 2. The maximum atomic E-state index is 11.5. The Hall–Kier alpha value is -0.650. The molecule has 5 nitrogen and oxygen atoms in total. The molecule has 4 aliphatic carbocycles. The van der Waals surface area contributed by atoms with Crippen LogP contribution in [0.4, 0.5) is 0 Å². The first-order valence-corrected chi connectivity index (χ1v) is 11.3. The molecule has 0 aromatic heterocycles. The van der Waals surface area contributed by atoms with Crippen molar-refractivity contribution >= 4 is 5.97 Å². The van der Waals surface area contributed by atoms with Crippen molar-refractivity contribution in [1.82, 2.24) is 0 Å². The zero-order valence-corrected chi connectivity index (χ0v) is 17.5. The monoisotopic (exact) mass is 392 g/mol. The van der Waals surface area contributed by atoms with Gasteiger partial charge in [-0.05, 0) is 74.0 Å². The summed E-state index contributed by atoms with van der Waals surface area (Å²) >= 11 is 0. The number of aliphatic hydroxyl groups excluding tert-OH is 2. The van der Waals surface area contributed by atoms with E-state index in [2.05, 4.69) is 13.8 Å². The average Bonchev–Trinajstić information content (AvgIpc) is 3.45. The molecule has 1 aliphatic heterocycles. The summed E-state index contributed by atoms with van der Waals surface area (Å²) in [6, 6.07) is 0. The van der Waals surface area contributed by atoms with E-state index < -0.39 is 11.5 Å². The first-order valence-electron chi connectivity index (χ1n) is 11.3. The minimum absolute atomic E-state index is 0.0232. The van der Waals surface area contributed by atoms with Gasteiger partial charge >= 0.3 is 5.97 Å². The smallest absolute Gasteiger partial charge is 0.302 e. The highest BCUT2D eigenvalue weighted by molar-refractivity contribution is 5.65. The minimum Gasteiger partial charge on any atom is -0.465 e. The van der Waals surface area contributed by atoms with Gasteiger partial charge in [-0.2, -0.15) is 0 Å². The first-order chi connectivity index (χ1) is 13.2. The molecule has 10 atom stereocenters. The van der Waals surface area contributed by atoms with Crippen molar-refractivity contribution in [3.63, 3.8) is 0 Å². The molecule has 4 saturated carbocycles. The molecule has 2 bridgehead atoms. The third-order valence-corrected chi connectivity index (χ3v) is 10.0. The molecule has 5 rings (SSSR count). The molecular weight excluding hydrogens is 356 g/mol. The zero-order chi connectivity index (χ0) is 19.9. The maximum absolute atomic E-state index is 11.5. The summed E-state index contributed by atoms with van der Waals surface area (Å²) in [7, 11) is 0. The number of carbonyl (C=O) groups is 1. The average molecular weight is 393 g/mol. The van der Waals surface area contributed by atoms with Crippen molar-refractivity contribution < 1.29 is 24.5 Å². The third-order valence-electron chi connectivity index (χ3n) is 10.0. The van der Waals surface area contributed by atoms with E-state index >= 15 is 0 Å². The molecule has 1 spiro atoms. The van der Waals surface area contributed by atoms with Crippen LogP contribution in [0.1, 0.15) is 65.7 Å². The van der Waals surface area contributed by atoms with E-state index in [1.807, 2.05) is 0 Å². The Bertz CT molecular complexity index is 661. The van der Waals surface area contributed by atoms with Gasteiger partial charge in [0.2, 0.25) is 0 Å². The summed E-state index contributed by atoms with van der Waals surface area (Å²) in [5, 5.41) is 22.5. The van der Waals surface area contributed by atoms with Crippen molar-refractivity contribution in [2.24, 2.45) is 39.9 Å². The molecule has 158 valence electrons. The van der Waals surface area contributed by atoms with E-state index in [1.165, 1.54) is 19.8 Å². The summed E-state index contributed by atoms with van der Waals surface area (Å²) in [6.45, 7) is 7.08. The van der Waals surface area contributed by atoms with E-state index in [9.17, 15) is 15.0 Å². The lowest BCUT2D eigenvalue weighted by Gasteiger charge is -2.66. The molecule has 1 unspecified atom stereocenters. The molecule has 28 heavy (non-hydrogen) atoms. The van der Waals surface area contributed by atoms with Crippen molar-refractivity contribution in [3.05, 3.63) is 0 Å². The van der Waals surface area contributed by atoms with Crippen LogP contribution in [0, 0.1) is 39.9 Å². The Morgan fingerprint density at radius 2 is 1.86 bits per heavy atom. The molecule has 0 aromatic rings. The normalized spacial score (nSPS) is 57.2. The van der Waals surface area contributed by atoms with E-state index in [-0.39, 0.29) is 35.4 Å². The van der Waals surface area contributed by atoms with Gasteiger partial charge in [-0.25, -0.2) is 0 Å². The quantitative estimate of drug-likeness (QED) is 0.570. The zero-order valence-electron chi connectivity index (χ0n) is 17.5. The van der Waals surface area contributed by atoms with Gasteiger partial charge in [-0.15, -0.1) is 0 Å². The van der Waals surface area contributed by atoms with Crippen LogP contribution in [0.25, 0.3) is 0 Å². The second-order valence-electron chi connectivity index (χ2n) is 11.2. The fourth-order valence-electron chi connectivity index (χ4n) is 8.63. The van der Waals surface area contributed by atoms with Gasteiger partial charge in [0.1, 0.15) is 0 Å². The minimum atomic E-state index is -0.490. The second-order valence-corrected chi connectivity index (χ2v) is 11.2. The Kier molecular flexibility index (Phi) is 4.26. The summed E-state index contributed by atoms with van der Waals surface area (Å²) in [5.74, 6) is 1.69. The van der Waals surface area contributed by atoms with E-state index in [0.717, 1.165) is 32.3 Å². The van der Waals surface area contributed by atoms with Crippen LogP contribution in [-0.2, 0) is 14.3 Å². The van der Waals surface area contributed by atoms with Crippen molar-refractivity contribution in [2.45, 2.75) is 84.0 Å². The van der Waals surface area contributed by atoms with Gasteiger partial charge in [0, 0.05) is 17.8 Å². The number of fused-ring (bicyclic) bond motifs is 3. The van der Waals surface area contributed by atoms with Gasteiger partial charge in [0.05, 0.1) is 31.5 Å². The van der Waals surface area contributed by atoms with E-state index in [1.54, 1.807) is 0 Å². The molecule has 5 aliphatic rings. The van der Waals surface area contributed by atoms with Gasteiger partial charge in [-0.1, -0.05) is 13.8 Å². The third kappa shape index (κ3) is 2.51. The number of carbonyl (C=O) groups excluding carboxylic acids is 1. The Labute approximate surface area is 168 Å². The van der Waals surface area contributed by atoms with E-state index in [4.69, 9.17) is 9.47 Å². The summed E-state index contributed by atoms with van der Waals surface area (Å²) < 4.78 is 11.1. The topological polar surface area (TPSA) is 79.3 Å². The highest BCUT2D eigenvalue weighted by Gasteiger charge is 2.69. The van der Waals surface area contributed by atoms with Crippen molar-refractivity contribution in [3.8, 4) is 0 Å². The predicted molar refractivity (Wildman–Crippen MR) is 103 cm³/mol. The van der Waals surface area contributed by atoms with Crippen LogP contribution >= 0.6 is 0 Å². The molecule has 0 radical (unpaired) electrons. The van der Waals surface area contributed by atoms with Gasteiger partial charge < -0.3 is 19.7 Å². The predicted octanol–water partition coefficient (Wildman–Crippen LogP) is 2.92. The summed E-state index contributed by atoms with van der Waals surface area (Å²) in [6.07, 6.45) is 6.77. The van der Waals surface area contributed by atoms with Crippen LogP contribution in [0.15, 0.2) is 0 Å². The second kappa shape index (κ2) is 6.18. The van der Waals surface area contributed by atoms with Crippen LogP contribution in [0.3, 0.4) is 0 Å². The highest BCUT2D eigenvalue weighted by Crippen LogP contribution is 2.73. The van der Waals surface area contributed by atoms with Gasteiger partial charge in [-0.3, -0.25) is 4.79 Å². The number of epoxide rings is 1. The molecule has 5 fully saturated rings. The van der Waals surface area contributed by atoms with Crippen LogP contribution in [0.5, 0.6) is 0 Å². The van der Waals surface area contributed by atoms with Gasteiger partial charge in [0.25, 0.3) is 0 Å². The molecule has 1 heterocycles. The fourth-order valence-corrected chi connectivity index (χ4v) is 8.63. The summed E-state index contributed by atoms with van der Waals surface area (Å²) in [5.41, 5.74) is -0.386. The SMILES string of the molecule is CC(=O)OC[C@]1(C)C2C[C@H](O)[C@@]34C[C@@H](CC[C@H]3[C@]2(C)CC[C@H]1O)[C@@H]([C@@H]1CO1)C4. The lowest BCUT2D eigenvalue weighted by molar-refractivity contribution is -0.233. The number of ether oxygens (including phenoxy) is 2. The highest BCUT2D eigenvalue weighted by atomic mass is 16.6. The van der Waals surface area contributed by atoms with E-state index in [0.29, 0.717) is 30.3 Å². The number of rotatable bonds is 3. The molecule has 0 aromatic carbocycles. The lowest BCUT2D eigenvalue weighted by Crippen LogP contribution is -2.65. The molecule has 2 N–H and O–H groups in total. The van der Waals surface area contributed by atoms with Gasteiger partial charge in [0.15, 0.2) is 0 Å².